The van der Waals surface area contributed by atoms with Gasteiger partial charge in [0.05, 0.1) is 6.61 Å². The normalized spacial score (nSPS) is 20.9. The van der Waals surface area contributed by atoms with Gasteiger partial charge in [0.15, 0.2) is 0 Å². The Hall–Kier alpha value is -1.06. The third-order valence-electron chi connectivity index (χ3n) is 4.03. The van der Waals surface area contributed by atoms with Crippen LogP contribution >= 0.6 is 0 Å². The minimum atomic E-state index is 0.0871. The molecule has 1 aliphatic rings. The predicted molar refractivity (Wildman–Crippen MR) is 77.3 cm³/mol. The summed E-state index contributed by atoms with van der Waals surface area (Å²) < 4.78 is 0. The second-order valence-electron chi connectivity index (χ2n) is 6.54. The number of rotatable bonds is 3. The predicted octanol–water partition coefficient (Wildman–Crippen LogP) is 2.65. The monoisotopic (exact) mass is 263 g/mol. The zero-order chi connectivity index (χ0) is 14.0. The van der Waals surface area contributed by atoms with E-state index in [0.29, 0.717) is 5.75 Å². The first-order chi connectivity index (χ1) is 8.91. The highest BCUT2D eigenvalue weighted by Gasteiger charge is 2.25. The molecule has 0 aliphatic carbocycles. The van der Waals surface area contributed by atoms with Crippen molar-refractivity contribution in [2.75, 3.05) is 13.2 Å². The first kappa shape index (κ1) is 14.4. The first-order valence-corrected chi connectivity index (χ1v) is 7.09. The Bertz CT molecular complexity index is 437. The van der Waals surface area contributed by atoms with Crippen LogP contribution in [-0.4, -0.2) is 34.3 Å². The van der Waals surface area contributed by atoms with Gasteiger partial charge in [0.1, 0.15) is 5.75 Å². The number of nitrogens with zero attached hydrogens (tertiary/aromatic N) is 1. The van der Waals surface area contributed by atoms with Crippen LogP contribution in [0.3, 0.4) is 0 Å². The van der Waals surface area contributed by atoms with Crippen LogP contribution in [0, 0.1) is 0 Å². The van der Waals surface area contributed by atoms with Crippen molar-refractivity contribution in [2.45, 2.75) is 51.6 Å². The minimum absolute atomic E-state index is 0.0871. The molecule has 106 valence electrons. The molecule has 3 heteroatoms. The van der Waals surface area contributed by atoms with Crippen molar-refractivity contribution in [3.05, 3.63) is 29.3 Å². The molecule has 1 aliphatic heterocycles. The fourth-order valence-corrected chi connectivity index (χ4v) is 2.71. The maximum Gasteiger partial charge on any atom is 0.120 e. The summed E-state index contributed by atoms with van der Waals surface area (Å²) in [5, 5.41) is 19.4. The summed E-state index contributed by atoms with van der Waals surface area (Å²) in [4.78, 5) is 2.27. The van der Waals surface area contributed by atoms with E-state index in [0.717, 1.165) is 31.5 Å². The lowest BCUT2D eigenvalue weighted by molar-refractivity contribution is 0.152. The van der Waals surface area contributed by atoms with E-state index in [1.807, 2.05) is 6.07 Å². The number of aliphatic hydroxyl groups is 1. The second-order valence-corrected chi connectivity index (χ2v) is 6.54. The van der Waals surface area contributed by atoms with Gasteiger partial charge in [-0.15, -0.1) is 0 Å². The summed E-state index contributed by atoms with van der Waals surface area (Å²) in [6.07, 6.45) is 2.18. The molecule has 1 aromatic carbocycles. The number of aliphatic hydroxyl groups excluding tert-OH is 1. The van der Waals surface area contributed by atoms with E-state index < -0.39 is 0 Å². The molecule has 1 saturated heterocycles. The summed E-state index contributed by atoms with van der Waals surface area (Å²) in [5.74, 6) is 0.358. The van der Waals surface area contributed by atoms with Crippen LogP contribution in [0.25, 0.3) is 0 Å². The van der Waals surface area contributed by atoms with Crippen LogP contribution < -0.4 is 0 Å². The Morgan fingerprint density at radius 1 is 1.32 bits per heavy atom. The van der Waals surface area contributed by atoms with Crippen molar-refractivity contribution in [1.29, 1.82) is 0 Å². The van der Waals surface area contributed by atoms with Crippen LogP contribution in [-0.2, 0) is 12.0 Å². The van der Waals surface area contributed by atoms with E-state index in [2.05, 4.69) is 31.7 Å². The van der Waals surface area contributed by atoms with Gasteiger partial charge in [0.25, 0.3) is 0 Å². The van der Waals surface area contributed by atoms with Crippen LogP contribution in [0.1, 0.15) is 44.7 Å². The van der Waals surface area contributed by atoms with Crippen molar-refractivity contribution >= 4 is 0 Å². The maximum absolute atomic E-state index is 10.0. The van der Waals surface area contributed by atoms with Gasteiger partial charge in [-0.1, -0.05) is 32.9 Å². The first-order valence-electron chi connectivity index (χ1n) is 7.09. The van der Waals surface area contributed by atoms with E-state index in [1.165, 1.54) is 5.56 Å². The zero-order valence-corrected chi connectivity index (χ0v) is 12.2. The summed E-state index contributed by atoms with van der Waals surface area (Å²) in [5.41, 5.74) is 2.29. The molecular formula is C16H25NO2. The average molecular weight is 263 g/mol. The van der Waals surface area contributed by atoms with Crippen molar-refractivity contribution in [3.8, 4) is 5.75 Å². The fraction of sp³-hybridized carbons (Fsp3) is 0.625. The molecule has 0 radical (unpaired) electrons. The third kappa shape index (κ3) is 3.28. The Balaban J connectivity index is 2.20. The number of aromatic hydroxyl groups is 1. The minimum Gasteiger partial charge on any atom is -0.508 e. The highest BCUT2D eigenvalue weighted by Crippen LogP contribution is 2.29. The van der Waals surface area contributed by atoms with Crippen molar-refractivity contribution < 1.29 is 10.2 Å². The summed E-state index contributed by atoms with van der Waals surface area (Å²) in [7, 11) is 0. The second kappa shape index (κ2) is 5.51. The molecule has 0 aromatic heterocycles. The highest BCUT2D eigenvalue weighted by atomic mass is 16.3. The number of hydrogen-bond donors (Lipinski definition) is 2. The van der Waals surface area contributed by atoms with Gasteiger partial charge in [0.2, 0.25) is 0 Å². The SMILES string of the molecule is CC(C)(C)c1ccc(O)c(CN2CCC[C@H]2CO)c1. The molecule has 1 heterocycles. The van der Waals surface area contributed by atoms with E-state index in [4.69, 9.17) is 0 Å². The Morgan fingerprint density at radius 3 is 2.68 bits per heavy atom. The molecule has 3 nitrogen and oxygen atoms in total. The van der Waals surface area contributed by atoms with Gasteiger partial charge in [-0.3, -0.25) is 4.90 Å². The number of benzene rings is 1. The molecule has 0 amide bonds. The lowest BCUT2D eigenvalue weighted by Gasteiger charge is -2.25. The molecule has 0 unspecified atom stereocenters. The number of phenols is 1. The van der Waals surface area contributed by atoms with Crippen LogP contribution in [0.2, 0.25) is 0 Å². The number of hydrogen-bond acceptors (Lipinski definition) is 3. The van der Waals surface area contributed by atoms with Gasteiger partial charge in [-0.2, -0.15) is 0 Å². The lowest BCUT2D eigenvalue weighted by Crippen LogP contribution is -2.31. The quantitative estimate of drug-likeness (QED) is 0.881. The average Bonchev–Trinajstić information content (AvgIpc) is 2.77. The molecule has 0 saturated carbocycles. The van der Waals surface area contributed by atoms with Gasteiger partial charge >= 0.3 is 0 Å². The van der Waals surface area contributed by atoms with Crippen molar-refractivity contribution in [3.63, 3.8) is 0 Å². The molecule has 19 heavy (non-hydrogen) atoms. The third-order valence-corrected chi connectivity index (χ3v) is 4.03. The lowest BCUT2D eigenvalue weighted by atomic mass is 9.86. The zero-order valence-electron chi connectivity index (χ0n) is 12.2. The summed E-state index contributed by atoms with van der Waals surface area (Å²) in [6, 6.07) is 6.13. The Morgan fingerprint density at radius 2 is 2.05 bits per heavy atom. The van der Waals surface area contributed by atoms with E-state index in [-0.39, 0.29) is 18.1 Å². The highest BCUT2D eigenvalue weighted by molar-refractivity contribution is 5.38. The Labute approximate surface area is 115 Å². The summed E-state index contributed by atoms with van der Waals surface area (Å²) >= 11 is 0. The van der Waals surface area contributed by atoms with Gasteiger partial charge < -0.3 is 10.2 Å². The molecule has 2 rings (SSSR count). The molecule has 1 atom stereocenters. The van der Waals surface area contributed by atoms with Crippen LogP contribution in [0.15, 0.2) is 18.2 Å². The van der Waals surface area contributed by atoms with Crippen LogP contribution in [0.4, 0.5) is 0 Å². The van der Waals surface area contributed by atoms with Gasteiger partial charge in [0, 0.05) is 18.2 Å². The van der Waals surface area contributed by atoms with Crippen LogP contribution in [0.5, 0.6) is 5.75 Å². The van der Waals surface area contributed by atoms with E-state index in [9.17, 15) is 10.2 Å². The molecule has 2 N–H and O–H groups in total. The molecule has 1 fully saturated rings. The number of likely N-dealkylation sites (tertiary alicyclic amines) is 1. The molecule has 1 aromatic rings. The fourth-order valence-electron chi connectivity index (χ4n) is 2.71. The standard InChI is InChI=1S/C16H25NO2/c1-16(2,3)13-6-7-15(19)12(9-13)10-17-8-4-5-14(17)11-18/h6-7,9,14,18-19H,4-5,8,10-11H2,1-3H3/t14-/m0/s1. The van der Waals surface area contributed by atoms with E-state index in [1.54, 1.807) is 6.07 Å². The van der Waals surface area contributed by atoms with E-state index >= 15 is 0 Å². The maximum atomic E-state index is 10.0. The van der Waals surface area contributed by atoms with Crippen molar-refractivity contribution in [1.82, 2.24) is 4.90 Å². The molecule has 0 spiro atoms. The van der Waals surface area contributed by atoms with Crippen molar-refractivity contribution in [2.24, 2.45) is 0 Å². The Kier molecular flexibility index (Phi) is 4.16. The smallest absolute Gasteiger partial charge is 0.120 e. The van der Waals surface area contributed by atoms with Gasteiger partial charge in [-0.25, -0.2) is 0 Å². The largest absolute Gasteiger partial charge is 0.508 e. The topological polar surface area (TPSA) is 43.7 Å². The summed E-state index contributed by atoms with van der Waals surface area (Å²) in [6.45, 7) is 8.46. The van der Waals surface area contributed by atoms with Gasteiger partial charge in [-0.05, 0) is 36.4 Å². The number of phenolic OH excluding ortho intramolecular Hbond substituents is 1. The molecular weight excluding hydrogens is 238 g/mol. The molecule has 0 bridgehead atoms.